The normalized spacial score (nSPS) is 18.1. The van der Waals surface area contributed by atoms with Gasteiger partial charge in [0.15, 0.2) is 0 Å². The molecule has 0 fully saturated rings. The van der Waals surface area contributed by atoms with E-state index < -0.39 is 0 Å². The van der Waals surface area contributed by atoms with Gasteiger partial charge in [0.05, 0.1) is 0 Å². The number of nitrogens with zero attached hydrogens (tertiary/aromatic N) is 6. The SMILES string of the molecule is CC(=O)[C@@H]1CCc2nc(-n3cnnn3)ncc21. The predicted molar refractivity (Wildman–Crippen MR) is 56.5 cm³/mol. The molecule has 0 aliphatic heterocycles. The van der Waals surface area contributed by atoms with E-state index in [1.807, 2.05) is 0 Å². The summed E-state index contributed by atoms with van der Waals surface area (Å²) >= 11 is 0. The van der Waals surface area contributed by atoms with E-state index in [2.05, 4.69) is 25.5 Å². The van der Waals surface area contributed by atoms with Gasteiger partial charge in [0.1, 0.15) is 12.1 Å². The fraction of sp³-hybridized carbons (Fsp3) is 0.400. The van der Waals surface area contributed by atoms with E-state index in [-0.39, 0.29) is 11.7 Å². The van der Waals surface area contributed by atoms with Crippen LogP contribution in [-0.4, -0.2) is 36.0 Å². The number of rotatable bonds is 2. The van der Waals surface area contributed by atoms with Gasteiger partial charge in [0, 0.05) is 23.4 Å². The minimum absolute atomic E-state index is 0.0482. The summed E-state index contributed by atoms with van der Waals surface area (Å²) in [7, 11) is 0. The van der Waals surface area contributed by atoms with Crippen LogP contribution in [0.4, 0.5) is 0 Å². The Labute approximate surface area is 96.9 Å². The van der Waals surface area contributed by atoms with Crippen LogP contribution in [0.2, 0.25) is 0 Å². The summed E-state index contributed by atoms with van der Waals surface area (Å²) in [5.41, 5.74) is 1.86. The van der Waals surface area contributed by atoms with Crippen LogP contribution in [0, 0.1) is 0 Å². The number of carbonyl (C=O) groups excluding carboxylic acids is 1. The van der Waals surface area contributed by atoms with Gasteiger partial charge >= 0.3 is 0 Å². The Morgan fingerprint density at radius 3 is 3.12 bits per heavy atom. The third-order valence-corrected chi connectivity index (χ3v) is 2.98. The maximum atomic E-state index is 11.4. The van der Waals surface area contributed by atoms with Crippen LogP contribution >= 0.6 is 0 Å². The van der Waals surface area contributed by atoms with Crippen molar-refractivity contribution in [2.75, 3.05) is 0 Å². The van der Waals surface area contributed by atoms with E-state index in [0.717, 1.165) is 24.1 Å². The average molecular weight is 230 g/mol. The number of Topliss-reactive ketones (excluding diaryl/α,β-unsaturated/α-hetero) is 1. The van der Waals surface area contributed by atoms with Crippen LogP contribution in [0.3, 0.4) is 0 Å². The van der Waals surface area contributed by atoms with Crippen LogP contribution in [0.15, 0.2) is 12.5 Å². The molecule has 0 aromatic carbocycles. The average Bonchev–Trinajstić information content (AvgIpc) is 2.97. The Morgan fingerprint density at radius 2 is 2.41 bits per heavy atom. The largest absolute Gasteiger partial charge is 0.299 e. The highest BCUT2D eigenvalue weighted by Gasteiger charge is 2.28. The molecule has 7 heteroatoms. The number of aromatic nitrogens is 6. The van der Waals surface area contributed by atoms with Gasteiger partial charge in [-0.05, 0) is 30.2 Å². The van der Waals surface area contributed by atoms with Crippen molar-refractivity contribution in [2.24, 2.45) is 0 Å². The molecule has 0 N–H and O–H groups in total. The number of fused-ring (bicyclic) bond motifs is 1. The predicted octanol–water partition coefficient (Wildman–Crippen LogP) is 0.0711. The Morgan fingerprint density at radius 1 is 1.53 bits per heavy atom. The number of ketones is 1. The van der Waals surface area contributed by atoms with Gasteiger partial charge in [-0.1, -0.05) is 0 Å². The van der Waals surface area contributed by atoms with Crippen molar-refractivity contribution in [1.29, 1.82) is 0 Å². The summed E-state index contributed by atoms with van der Waals surface area (Å²) in [6.45, 7) is 1.61. The third-order valence-electron chi connectivity index (χ3n) is 2.98. The molecule has 0 spiro atoms. The first-order valence-corrected chi connectivity index (χ1v) is 5.35. The smallest absolute Gasteiger partial charge is 0.253 e. The summed E-state index contributed by atoms with van der Waals surface area (Å²) in [6, 6.07) is 0. The topological polar surface area (TPSA) is 86.5 Å². The quantitative estimate of drug-likeness (QED) is 0.725. The summed E-state index contributed by atoms with van der Waals surface area (Å²) < 4.78 is 1.40. The van der Waals surface area contributed by atoms with Gasteiger partial charge in [-0.3, -0.25) is 4.79 Å². The molecule has 0 saturated carbocycles. The van der Waals surface area contributed by atoms with Crippen molar-refractivity contribution < 1.29 is 4.79 Å². The molecule has 0 radical (unpaired) electrons. The second-order valence-electron chi connectivity index (χ2n) is 4.03. The van der Waals surface area contributed by atoms with Crippen molar-refractivity contribution in [3.63, 3.8) is 0 Å². The van der Waals surface area contributed by atoms with Gasteiger partial charge in [-0.25, -0.2) is 9.97 Å². The second-order valence-corrected chi connectivity index (χ2v) is 4.03. The molecule has 0 saturated heterocycles. The molecular formula is C10H10N6O. The summed E-state index contributed by atoms with van der Waals surface area (Å²) in [6.07, 6.45) is 4.77. The van der Waals surface area contributed by atoms with E-state index in [1.54, 1.807) is 13.1 Å². The number of tetrazole rings is 1. The maximum absolute atomic E-state index is 11.4. The van der Waals surface area contributed by atoms with Crippen LogP contribution in [-0.2, 0) is 11.2 Å². The van der Waals surface area contributed by atoms with Crippen molar-refractivity contribution in [1.82, 2.24) is 30.2 Å². The lowest BCUT2D eigenvalue weighted by Gasteiger charge is -2.06. The van der Waals surface area contributed by atoms with Gasteiger partial charge in [-0.2, -0.15) is 4.68 Å². The Hall–Kier alpha value is -2.18. The minimum atomic E-state index is -0.0482. The molecule has 2 aromatic rings. The van der Waals surface area contributed by atoms with E-state index in [9.17, 15) is 4.79 Å². The van der Waals surface area contributed by atoms with E-state index in [1.165, 1.54) is 11.0 Å². The van der Waals surface area contributed by atoms with Gasteiger partial charge < -0.3 is 0 Å². The highest BCUT2D eigenvalue weighted by atomic mass is 16.1. The fourth-order valence-electron chi connectivity index (χ4n) is 2.13. The van der Waals surface area contributed by atoms with E-state index in [4.69, 9.17) is 0 Å². The van der Waals surface area contributed by atoms with Gasteiger partial charge in [0.2, 0.25) is 0 Å². The van der Waals surface area contributed by atoms with Crippen LogP contribution in [0.5, 0.6) is 0 Å². The lowest BCUT2D eigenvalue weighted by Crippen LogP contribution is -2.08. The summed E-state index contributed by atoms with van der Waals surface area (Å²) in [4.78, 5) is 20.0. The Bertz CT molecular complexity index is 564. The highest BCUT2D eigenvalue weighted by molar-refractivity contribution is 5.84. The molecule has 3 rings (SSSR count). The first kappa shape index (κ1) is 10.0. The van der Waals surface area contributed by atoms with Gasteiger partial charge in [-0.15, -0.1) is 5.10 Å². The minimum Gasteiger partial charge on any atom is -0.299 e. The van der Waals surface area contributed by atoms with Crippen LogP contribution in [0.25, 0.3) is 5.95 Å². The van der Waals surface area contributed by atoms with Crippen LogP contribution < -0.4 is 0 Å². The maximum Gasteiger partial charge on any atom is 0.253 e. The molecule has 1 aliphatic carbocycles. The van der Waals surface area contributed by atoms with Gasteiger partial charge in [0.25, 0.3) is 5.95 Å². The molecule has 1 atom stereocenters. The zero-order chi connectivity index (χ0) is 11.8. The molecular weight excluding hydrogens is 220 g/mol. The molecule has 2 heterocycles. The molecule has 0 amide bonds. The molecule has 2 aromatic heterocycles. The monoisotopic (exact) mass is 230 g/mol. The molecule has 1 aliphatic rings. The zero-order valence-corrected chi connectivity index (χ0v) is 9.24. The fourth-order valence-corrected chi connectivity index (χ4v) is 2.13. The highest BCUT2D eigenvalue weighted by Crippen LogP contribution is 2.32. The molecule has 86 valence electrons. The Kier molecular flexibility index (Phi) is 2.17. The molecule has 17 heavy (non-hydrogen) atoms. The summed E-state index contributed by atoms with van der Waals surface area (Å²) in [5, 5.41) is 10.8. The lowest BCUT2D eigenvalue weighted by molar-refractivity contribution is -0.118. The molecule has 0 unspecified atom stereocenters. The number of carbonyl (C=O) groups is 1. The van der Waals surface area contributed by atoms with E-state index in [0.29, 0.717) is 5.95 Å². The first-order chi connectivity index (χ1) is 8.25. The zero-order valence-electron chi connectivity index (χ0n) is 9.24. The standard InChI is InChI=1S/C10H10N6O/c1-6(17)7-2-3-9-8(7)4-11-10(13-9)16-5-12-14-15-16/h4-5,7H,2-3H2,1H3/t7-/m0/s1. The summed E-state index contributed by atoms with van der Waals surface area (Å²) in [5.74, 6) is 0.563. The van der Waals surface area contributed by atoms with Crippen molar-refractivity contribution in [3.8, 4) is 5.95 Å². The number of hydrogen-bond donors (Lipinski definition) is 0. The first-order valence-electron chi connectivity index (χ1n) is 5.35. The van der Waals surface area contributed by atoms with Crippen molar-refractivity contribution in [2.45, 2.75) is 25.7 Å². The van der Waals surface area contributed by atoms with E-state index >= 15 is 0 Å². The Balaban J connectivity index is 2.02. The molecule has 0 bridgehead atoms. The van der Waals surface area contributed by atoms with Crippen molar-refractivity contribution in [3.05, 3.63) is 23.8 Å². The number of aryl methyl sites for hydroxylation is 1. The molecule has 7 nitrogen and oxygen atoms in total. The van der Waals surface area contributed by atoms with Crippen LogP contribution in [0.1, 0.15) is 30.5 Å². The lowest BCUT2D eigenvalue weighted by atomic mass is 10.0. The number of hydrogen-bond acceptors (Lipinski definition) is 6. The van der Waals surface area contributed by atoms with Crippen molar-refractivity contribution >= 4 is 5.78 Å². The third kappa shape index (κ3) is 1.59. The second kappa shape index (κ2) is 3.69.